The van der Waals surface area contributed by atoms with Gasteiger partial charge < -0.3 is 20.7 Å². The number of carbonyl (C=O) groups is 1. The normalized spacial score (nSPS) is 20.2. The van der Waals surface area contributed by atoms with Crippen molar-refractivity contribution in [3.63, 3.8) is 0 Å². The molecule has 1 amide bonds. The minimum atomic E-state index is -0.194. The molecule has 1 aromatic carbocycles. The van der Waals surface area contributed by atoms with Crippen molar-refractivity contribution >= 4 is 22.9 Å². The number of nitrogen functional groups attached to an aromatic ring is 1. The fourth-order valence-electron chi connectivity index (χ4n) is 6.37. The van der Waals surface area contributed by atoms with E-state index in [2.05, 4.69) is 38.2 Å². The summed E-state index contributed by atoms with van der Waals surface area (Å²) < 4.78 is 9.01. The van der Waals surface area contributed by atoms with Gasteiger partial charge in [-0.1, -0.05) is 6.07 Å². The molecule has 0 saturated carbocycles. The summed E-state index contributed by atoms with van der Waals surface area (Å²) in [5.74, 6) is 1.98. The molecule has 0 bridgehead atoms. The van der Waals surface area contributed by atoms with Gasteiger partial charge in [0, 0.05) is 49.5 Å². The van der Waals surface area contributed by atoms with Gasteiger partial charge in [-0.05, 0) is 79.3 Å². The van der Waals surface area contributed by atoms with Gasteiger partial charge in [-0.15, -0.1) is 0 Å². The third kappa shape index (κ3) is 4.41. The summed E-state index contributed by atoms with van der Waals surface area (Å²) in [5.41, 5.74) is 12.2. The van der Waals surface area contributed by atoms with E-state index < -0.39 is 0 Å². The predicted molar refractivity (Wildman–Crippen MR) is 157 cm³/mol. The second kappa shape index (κ2) is 10.0. The molecule has 42 heavy (non-hydrogen) atoms. The number of aryl methyl sites for hydroxylation is 1. The molecule has 0 spiro atoms. The van der Waals surface area contributed by atoms with Crippen LogP contribution in [0.15, 0.2) is 67.1 Å². The van der Waals surface area contributed by atoms with Gasteiger partial charge in [0.25, 0.3) is 5.91 Å². The molecule has 0 radical (unpaired) electrons. The Morgan fingerprint density at radius 2 is 1.90 bits per heavy atom. The highest BCUT2D eigenvalue weighted by Gasteiger charge is 2.37. The maximum Gasteiger partial charge on any atom is 0.254 e. The molecule has 2 saturated heterocycles. The number of amides is 1. The van der Waals surface area contributed by atoms with Crippen LogP contribution in [0.1, 0.15) is 36.4 Å². The third-order valence-corrected chi connectivity index (χ3v) is 8.62. The number of anilines is 1. The van der Waals surface area contributed by atoms with Crippen LogP contribution in [-0.4, -0.2) is 71.9 Å². The van der Waals surface area contributed by atoms with Gasteiger partial charge >= 0.3 is 0 Å². The molecular weight excluding hydrogens is 530 g/mol. The number of carbonyl (C=O) groups excluding carboxylic acids is 1. The number of piperidine rings is 1. The van der Waals surface area contributed by atoms with Crippen molar-refractivity contribution in [3.8, 4) is 22.9 Å². The Hall–Kier alpha value is -4.61. The summed E-state index contributed by atoms with van der Waals surface area (Å²) in [6.07, 6.45) is 9.06. The van der Waals surface area contributed by atoms with Crippen LogP contribution in [0, 0.1) is 0 Å². The fraction of sp³-hybridized carbons (Fsp3) is 0.323. The number of hydrogen-bond acceptors (Lipinski definition) is 8. The molecule has 5 aromatic rings. The zero-order valence-corrected chi connectivity index (χ0v) is 23.1. The van der Waals surface area contributed by atoms with Crippen LogP contribution in [0.4, 0.5) is 5.82 Å². The largest absolute Gasteiger partial charge is 0.383 e. The highest BCUT2D eigenvalue weighted by atomic mass is 16.6. The number of nitrogens with one attached hydrogen (secondary N) is 1. The van der Waals surface area contributed by atoms with Crippen LogP contribution in [0.3, 0.4) is 0 Å². The molecule has 2 aliphatic heterocycles. The minimum Gasteiger partial charge on any atom is -0.383 e. The lowest BCUT2D eigenvalue weighted by atomic mass is 10.0. The molecule has 212 valence electrons. The van der Waals surface area contributed by atoms with E-state index in [9.17, 15) is 4.79 Å². The van der Waals surface area contributed by atoms with E-state index in [-0.39, 0.29) is 12.0 Å². The number of rotatable bonds is 6. The fourth-order valence-corrected chi connectivity index (χ4v) is 6.37. The van der Waals surface area contributed by atoms with E-state index in [0.29, 0.717) is 36.2 Å². The van der Waals surface area contributed by atoms with Crippen molar-refractivity contribution in [2.75, 3.05) is 25.4 Å². The van der Waals surface area contributed by atoms with Gasteiger partial charge in [-0.3, -0.25) is 9.36 Å². The second-order valence-corrected chi connectivity index (χ2v) is 11.2. The van der Waals surface area contributed by atoms with Crippen LogP contribution >= 0.6 is 0 Å². The number of epoxide rings is 1. The average molecular weight is 562 g/mol. The lowest BCUT2D eigenvalue weighted by molar-refractivity contribution is -0.133. The lowest BCUT2D eigenvalue weighted by Crippen LogP contribution is -2.46. The number of nitrogens with two attached hydrogens (primary N) is 1. The summed E-state index contributed by atoms with van der Waals surface area (Å²) in [4.78, 5) is 28.6. The van der Waals surface area contributed by atoms with Crippen molar-refractivity contribution in [2.45, 2.75) is 43.9 Å². The zero-order chi connectivity index (χ0) is 28.2. The molecule has 1 aliphatic carbocycles. The van der Waals surface area contributed by atoms with E-state index >= 15 is 0 Å². The first-order chi connectivity index (χ1) is 20.6. The van der Waals surface area contributed by atoms with E-state index in [4.69, 9.17) is 20.4 Å². The van der Waals surface area contributed by atoms with E-state index in [1.54, 1.807) is 17.1 Å². The quantitative estimate of drug-likeness (QED) is 0.302. The number of pyridine rings is 2. The molecule has 3 aliphatic rings. The smallest absolute Gasteiger partial charge is 0.254 e. The molecule has 8 rings (SSSR count). The van der Waals surface area contributed by atoms with Crippen molar-refractivity contribution < 1.29 is 9.53 Å². The Bertz CT molecular complexity index is 1790. The standard InChI is InChI=1S/C31H31N9O2/c32-28-23(3-1-12-33-28)29-36-25-8-9-27(39-14-2-13-34-39)37-30(25)40(29)21-5-6-22-19(17-21)4-7-24(22)35-20-10-15-38(16-11-20)31(41)26-18-42-26/h1-3,5-6,8-9,12-14,17,20,24,26,35H,4,7,10-11,15-16,18H2,(H2,32,33)/t24?,26-/m1/s1. The topological polar surface area (TPSA) is 132 Å². The molecule has 6 heterocycles. The molecule has 11 nitrogen and oxygen atoms in total. The number of ether oxygens (including phenoxy) is 1. The number of hydrogen-bond donors (Lipinski definition) is 2. The monoisotopic (exact) mass is 561 g/mol. The van der Waals surface area contributed by atoms with Gasteiger partial charge in [0.2, 0.25) is 0 Å². The van der Waals surface area contributed by atoms with E-state index in [1.165, 1.54) is 11.1 Å². The Morgan fingerprint density at radius 3 is 2.69 bits per heavy atom. The van der Waals surface area contributed by atoms with Crippen molar-refractivity contribution in [1.82, 2.24) is 39.5 Å². The lowest BCUT2D eigenvalue weighted by Gasteiger charge is -2.34. The van der Waals surface area contributed by atoms with Gasteiger partial charge in [-0.25, -0.2) is 19.6 Å². The summed E-state index contributed by atoms with van der Waals surface area (Å²) in [6, 6.07) is 16.9. The zero-order valence-electron chi connectivity index (χ0n) is 23.1. The molecule has 2 fully saturated rings. The SMILES string of the molecule is Nc1ncccc1-c1nc2ccc(-n3cccn3)nc2n1-c1ccc2c(c1)CCC2NC1CCN(C(=O)[C@H]2CO2)CC1. The van der Waals surface area contributed by atoms with Crippen LogP contribution < -0.4 is 11.1 Å². The number of aromatic nitrogens is 6. The van der Waals surface area contributed by atoms with Gasteiger partial charge in [0.1, 0.15) is 11.3 Å². The third-order valence-electron chi connectivity index (χ3n) is 8.62. The van der Waals surface area contributed by atoms with Gasteiger partial charge in [0.15, 0.2) is 23.4 Å². The average Bonchev–Trinajstić information content (AvgIpc) is 3.39. The Balaban J connectivity index is 1.11. The van der Waals surface area contributed by atoms with E-state index in [0.717, 1.165) is 61.2 Å². The highest BCUT2D eigenvalue weighted by Crippen LogP contribution is 2.36. The van der Waals surface area contributed by atoms with Crippen molar-refractivity contribution in [3.05, 3.63) is 78.2 Å². The number of likely N-dealkylation sites (tertiary alicyclic amines) is 1. The molecule has 3 N–H and O–H groups in total. The summed E-state index contributed by atoms with van der Waals surface area (Å²) >= 11 is 0. The van der Waals surface area contributed by atoms with Crippen molar-refractivity contribution in [2.24, 2.45) is 0 Å². The molecular formula is C31H31N9O2. The van der Waals surface area contributed by atoms with Crippen LogP contribution in [0.2, 0.25) is 0 Å². The first-order valence-corrected chi connectivity index (χ1v) is 14.5. The maximum atomic E-state index is 12.4. The number of nitrogens with zero attached hydrogens (tertiary/aromatic N) is 7. The number of imidazole rings is 1. The van der Waals surface area contributed by atoms with Crippen LogP contribution in [0.25, 0.3) is 34.1 Å². The number of fused-ring (bicyclic) bond motifs is 2. The first-order valence-electron chi connectivity index (χ1n) is 14.5. The number of benzene rings is 1. The van der Waals surface area contributed by atoms with Crippen molar-refractivity contribution in [1.29, 1.82) is 0 Å². The molecule has 11 heteroatoms. The Labute approximate surface area is 242 Å². The molecule has 1 unspecified atom stereocenters. The second-order valence-electron chi connectivity index (χ2n) is 11.2. The van der Waals surface area contributed by atoms with Gasteiger partial charge in [0.05, 0.1) is 12.2 Å². The minimum absolute atomic E-state index is 0.151. The Kier molecular flexibility index (Phi) is 6.00. The molecule has 4 aromatic heterocycles. The van der Waals surface area contributed by atoms with Crippen LogP contribution in [0.5, 0.6) is 0 Å². The molecule has 2 atom stereocenters. The predicted octanol–water partition coefficient (Wildman–Crippen LogP) is 3.22. The Morgan fingerprint density at radius 1 is 1.02 bits per heavy atom. The van der Waals surface area contributed by atoms with Crippen LogP contribution in [-0.2, 0) is 16.0 Å². The highest BCUT2D eigenvalue weighted by molar-refractivity contribution is 5.84. The summed E-state index contributed by atoms with van der Waals surface area (Å²) in [6.45, 7) is 2.15. The first kappa shape index (κ1) is 25.1. The summed E-state index contributed by atoms with van der Waals surface area (Å²) in [5, 5.41) is 8.26. The summed E-state index contributed by atoms with van der Waals surface area (Å²) in [7, 11) is 0. The van der Waals surface area contributed by atoms with Gasteiger partial charge in [-0.2, -0.15) is 5.10 Å². The van der Waals surface area contributed by atoms with E-state index in [1.807, 2.05) is 41.4 Å². The maximum absolute atomic E-state index is 12.4.